The minimum absolute atomic E-state index is 0.102. The molecule has 3 N–H and O–H groups in total. The summed E-state index contributed by atoms with van der Waals surface area (Å²) in [7, 11) is 0. The fourth-order valence-corrected chi connectivity index (χ4v) is 2.36. The summed E-state index contributed by atoms with van der Waals surface area (Å²) in [5.74, 6) is -2.43. The molecule has 0 aromatic heterocycles. The molecule has 92 valence electrons. The lowest BCUT2D eigenvalue weighted by Crippen LogP contribution is -2.54. The van der Waals surface area contributed by atoms with E-state index in [0.29, 0.717) is 0 Å². The maximum absolute atomic E-state index is 13.8. The Balaban J connectivity index is 2.52. The van der Waals surface area contributed by atoms with Crippen LogP contribution in [0.3, 0.4) is 0 Å². The van der Waals surface area contributed by atoms with Crippen LogP contribution in [0.25, 0.3) is 0 Å². The number of halogens is 2. The van der Waals surface area contributed by atoms with Gasteiger partial charge in [-0.2, -0.15) is 0 Å². The fourth-order valence-electron chi connectivity index (χ4n) is 2.36. The molecule has 0 amide bonds. The number of nitrogens with two attached hydrogens (primary N) is 1. The molecule has 0 saturated heterocycles. The van der Waals surface area contributed by atoms with E-state index in [1.807, 2.05) is 0 Å². The standard InChI is InChI=1S/C12H13F2NO2/c1-6-2-10(14)8(3-9(6)13)12(11(16)17)4-7(15)5-12/h2-3,7H,4-5,15H2,1H3,(H,16,17). The Bertz CT molecular complexity index is 482. The number of aryl methyl sites for hydroxylation is 1. The van der Waals surface area contributed by atoms with Gasteiger partial charge in [-0.3, -0.25) is 4.79 Å². The molecule has 3 nitrogen and oxygen atoms in total. The van der Waals surface area contributed by atoms with Crippen molar-refractivity contribution in [2.75, 3.05) is 0 Å². The molecule has 1 aromatic rings. The molecule has 0 atom stereocenters. The number of carboxylic acid groups (broad SMARTS) is 1. The molecule has 0 aliphatic heterocycles. The summed E-state index contributed by atoms with van der Waals surface area (Å²) in [6, 6.07) is 1.74. The third kappa shape index (κ3) is 1.70. The Labute approximate surface area is 97.2 Å². The summed E-state index contributed by atoms with van der Waals surface area (Å²) < 4.78 is 27.2. The monoisotopic (exact) mass is 241 g/mol. The van der Waals surface area contributed by atoms with Crippen LogP contribution in [0.2, 0.25) is 0 Å². The third-order valence-corrected chi connectivity index (χ3v) is 3.39. The highest BCUT2D eigenvalue weighted by molar-refractivity contribution is 5.83. The summed E-state index contributed by atoms with van der Waals surface area (Å²) in [5.41, 5.74) is 4.27. The van der Waals surface area contributed by atoms with Crippen molar-refractivity contribution in [1.29, 1.82) is 0 Å². The van der Waals surface area contributed by atoms with E-state index in [0.717, 1.165) is 12.1 Å². The number of carbonyl (C=O) groups is 1. The number of aliphatic carboxylic acids is 1. The molecule has 0 heterocycles. The normalized spacial score (nSPS) is 27.6. The van der Waals surface area contributed by atoms with Crippen LogP contribution in [0.5, 0.6) is 0 Å². The number of hydrogen-bond acceptors (Lipinski definition) is 2. The minimum atomic E-state index is -1.36. The van der Waals surface area contributed by atoms with E-state index in [9.17, 15) is 18.7 Å². The van der Waals surface area contributed by atoms with Crippen molar-refractivity contribution in [3.63, 3.8) is 0 Å². The lowest BCUT2D eigenvalue weighted by Gasteiger charge is -2.43. The van der Waals surface area contributed by atoms with Gasteiger partial charge in [-0.05, 0) is 37.5 Å². The average molecular weight is 241 g/mol. The van der Waals surface area contributed by atoms with E-state index in [1.165, 1.54) is 6.92 Å². The predicted molar refractivity (Wildman–Crippen MR) is 57.6 cm³/mol. The Morgan fingerprint density at radius 1 is 1.41 bits per heavy atom. The first kappa shape index (κ1) is 12.0. The molecule has 0 spiro atoms. The largest absolute Gasteiger partial charge is 0.481 e. The first-order chi connectivity index (χ1) is 7.86. The lowest BCUT2D eigenvalue weighted by atomic mass is 9.61. The Morgan fingerprint density at radius 3 is 2.47 bits per heavy atom. The molecule has 1 aromatic carbocycles. The fraction of sp³-hybridized carbons (Fsp3) is 0.417. The van der Waals surface area contributed by atoms with Crippen molar-refractivity contribution in [2.24, 2.45) is 5.73 Å². The summed E-state index contributed by atoms with van der Waals surface area (Å²) >= 11 is 0. The van der Waals surface area contributed by atoms with Crippen LogP contribution < -0.4 is 5.73 Å². The second-order valence-corrected chi connectivity index (χ2v) is 4.64. The number of hydrogen-bond donors (Lipinski definition) is 2. The molecule has 5 heteroatoms. The van der Waals surface area contributed by atoms with Crippen LogP contribution in [0.4, 0.5) is 8.78 Å². The Hall–Kier alpha value is -1.49. The van der Waals surface area contributed by atoms with E-state index in [-0.39, 0.29) is 30.0 Å². The van der Waals surface area contributed by atoms with E-state index >= 15 is 0 Å². The maximum Gasteiger partial charge on any atom is 0.314 e. The van der Waals surface area contributed by atoms with Gasteiger partial charge in [0.2, 0.25) is 0 Å². The van der Waals surface area contributed by atoms with Crippen LogP contribution in [-0.2, 0) is 10.2 Å². The minimum Gasteiger partial charge on any atom is -0.481 e. The van der Waals surface area contributed by atoms with Gasteiger partial charge in [0.1, 0.15) is 11.6 Å². The van der Waals surface area contributed by atoms with Gasteiger partial charge in [-0.1, -0.05) is 0 Å². The van der Waals surface area contributed by atoms with Gasteiger partial charge >= 0.3 is 5.97 Å². The first-order valence-electron chi connectivity index (χ1n) is 5.32. The van der Waals surface area contributed by atoms with Gasteiger partial charge in [0.05, 0.1) is 5.41 Å². The smallest absolute Gasteiger partial charge is 0.314 e. The van der Waals surface area contributed by atoms with Crippen molar-refractivity contribution in [3.05, 3.63) is 34.9 Å². The summed E-state index contributed by atoms with van der Waals surface area (Å²) in [4.78, 5) is 11.3. The average Bonchev–Trinajstić information content (AvgIpc) is 2.18. The summed E-state index contributed by atoms with van der Waals surface area (Å²) in [6.07, 6.45) is 0.281. The molecule has 1 saturated carbocycles. The molecular weight excluding hydrogens is 228 g/mol. The molecule has 2 rings (SSSR count). The van der Waals surface area contributed by atoms with E-state index < -0.39 is 23.0 Å². The molecule has 0 unspecified atom stereocenters. The van der Waals surface area contributed by atoms with Crippen LogP contribution in [-0.4, -0.2) is 17.1 Å². The maximum atomic E-state index is 13.8. The van der Waals surface area contributed by atoms with Crippen molar-refractivity contribution in [3.8, 4) is 0 Å². The quantitative estimate of drug-likeness (QED) is 0.828. The molecular formula is C12H13F2NO2. The molecule has 1 aliphatic carbocycles. The van der Waals surface area contributed by atoms with Crippen molar-refractivity contribution in [2.45, 2.75) is 31.2 Å². The van der Waals surface area contributed by atoms with Crippen LogP contribution in [0, 0.1) is 18.6 Å². The number of benzene rings is 1. The summed E-state index contributed by atoms with van der Waals surface area (Å²) in [6.45, 7) is 1.43. The number of carboxylic acids is 1. The zero-order valence-corrected chi connectivity index (χ0v) is 9.34. The van der Waals surface area contributed by atoms with Crippen molar-refractivity contribution in [1.82, 2.24) is 0 Å². The second kappa shape index (κ2) is 3.77. The van der Waals surface area contributed by atoms with Gasteiger partial charge in [-0.15, -0.1) is 0 Å². The second-order valence-electron chi connectivity index (χ2n) is 4.64. The third-order valence-electron chi connectivity index (χ3n) is 3.39. The first-order valence-corrected chi connectivity index (χ1v) is 5.32. The van der Waals surface area contributed by atoms with Gasteiger partial charge < -0.3 is 10.8 Å². The van der Waals surface area contributed by atoms with Crippen LogP contribution in [0.1, 0.15) is 24.0 Å². The van der Waals surface area contributed by atoms with E-state index in [4.69, 9.17) is 5.73 Å². The molecule has 1 fully saturated rings. The lowest BCUT2D eigenvalue weighted by molar-refractivity contribution is -0.148. The van der Waals surface area contributed by atoms with E-state index in [2.05, 4.69) is 0 Å². The highest BCUT2D eigenvalue weighted by Gasteiger charge is 2.52. The Kier molecular flexibility index (Phi) is 2.66. The van der Waals surface area contributed by atoms with Crippen LogP contribution >= 0.6 is 0 Å². The highest BCUT2D eigenvalue weighted by atomic mass is 19.1. The van der Waals surface area contributed by atoms with Gasteiger partial charge in [0.15, 0.2) is 0 Å². The SMILES string of the molecule is Cc1cc(F)c(C2(C(=O)O)CC(N)C2)cc1F. The zero-order valence-electron chi connectivity index (χ0n) is 9.34. The van der Waals surface area contributed by atoms with Gasteiger partial charge in [-0.25, -0.2) is 8.78 Å². The highest BCUT2D eigenvalue weighted by Crippen LogP contribution is 2.44. The molecule has 17 heavy (non-hydrogen) atoms. The zero-order chi connectivity index (χ0) is 12.8. The van der Waals surface area contributed by atoms with Gasteiger partial charge in [0, 0.05) is 11.6 Å². The van der Waals surface area contributed by atoms with Crippen LogP contribution in [0.15, 0.2) is 12.1 Å². The predicted octanol–water partition coefficient (Wildman–Crippen LogP) is 1.72. The molecule has 0 radical (unpaired) electrons. The summed E-state index contributed by atoms with van der Waals surface area (Å²) in [5, 5.41) is 9.19. The molecule has 0 bridgehead atoms. The van der Waals surface area contributed by atoms with E-state index in [1.54, 1.807) is 0 Å². The van der Waals surface area contributed by atoms with Crippen molar-refractivity contribution >= 4 is 5.97 Å². The number of rotatable bonds is 2. The van der Waals surface area contributed by atoms with Crippen molar-refractivity contribution < 1.29 is 18.7 Å². The Morgan fingerprint density at radius 2 is 2.00 bits per heavy atom. The van der Waals surface area contributed by atoms with Gasteiger partial charge in [0.25, 0.3) is 0 Å². The molecule has 1 aliphatic rings. The topological polar surface area (TPSA) is 63.3 Å².